The van der Waals surface area contributed by atoms with E-state index in [9.17, 15) is 0 Å². The fourth-order valence-corrected chi connectivity index (χ4v) is 8.20. The van der Waals surface area contributed by atoms with Gasteiger partial charge in [0.25, 0.3) is 0 Å². The van der Waals surface area contributed by atoms with Crippen molar-refractivity contribution in [2.45, 2.75) is 12.3 Å². The summed E-state index contributed by atoms with van der Waals surface area (Å²) in [5, 5.41) is 7.01. The molecule has 1 unspecified atom stereocenters. The van der Waals surface area contributed by atoms with Crippen molar-refractivity contribution in [1.29, 1.82) is 0 Å². The minimum absolute atomic E-state index is 0.325. The van der Waals surface area contributed by atoms with Crippen LogP contribution in [-0.4, -0.2) is 15.0 Å². The molecular formula is C47H31N3. The van der Waals surface area contributed by atoms with Gasteiger partial charge in [-0.1, -0.05) is 164 Å². The largest absolute Gasteiger partial charge is 0.208 e. The van der Waals surface area contributed by atoms with Crippen LogP contribution in [-0.2, 0) is 5.41 Å². The van der Waals surface area contributed by atoms with Gasteiger partial charge in [0.2, 0.25) is 0 Å². The summed E-state index contributed by atoms with van der Waals surface area (Å²) in [5.74, 6) is 1.99. The van der Waals surface area contributed by atoms with Gasteiger partial charge in [-0.3, -0.25) is 0 Å². The van der Waals surface area contributed by atoms with Gasteiger partial charge >= 0.3 is 0 Å². The van der Waals surface area contributed by atoms with Gasteiger partial charge in [-0.25, -0.2) is 15.0 Å². The van der Waals surface area contributed by atoms with Gasteiger partial charge in [0, 0.05) is 22.1 Å². The van der Waals surface area contributed by atoms with Crippen LogP contribution in [0.25, 0.3) is 77.6 Å². The number of nitrogens with zero attached hydrogens (tertiary/aromatic N) is 3. The molecule has 234 valence electrons. The molecule has 8 aromatic carbocycles. The standard InChI is InChI=1S/C47H31N3/c1-47(33-19-6-3-7-20-33)40-25-13-12-23-37(40)42-38(24-14-26-41(42)47)45-48-44(31-16-4-2-5-17-31)49-46(50-45)43-35-22-11-9-18-32(35)29-39-34-21-10-8-15-30(34)27-28-36(39)43/h2-29H,1H3. The molecule has 0 radical (unpaired) electrons. The molecule has 9 aromatic rings. The van der Waals surface area contributed by atoms with Crippen LogP contribution < -0.4 is 0 Å². The molecule has 0 spiro atoms. The van der Waals surface area contributed by atoms with Gasteiger partial charge in [-0.15, -0.1) is 0 Å². The van der Waals surface area contributed by atoms with Crippen molar-refractivity contribution < 1.29 is 0 Å². The SMILES string of the molecule is CC1(c2ccccc2)c2ccccc2-c2c(-c3nc(-c4ccccc4)nc(-c4c5ccccc5cc5c4ccc4ccccc45)n3)cccc21. The van der Waals surface area contributed by atoms with E-state index in [1.807, 2.05) is 18.2 Å². The van der Waals surface area contributed by atoms with Gasteiger partial charge in [-0.05, 0) is 73.1 Å². The van der Waals surface area contributed by atoms with E-state index in [2.05, 4.69) is 159 Å². The van der Waals surface area contributed by atoms with Crippen LogP contribution in [0, 0.1) is 0 Å². The molecule has 10 rings (SSSR count). The second-order valence-corrected chi connectivity index (χ2v) is 13.3. The number of rotatable bonds is 4. The highest BCUT2D eigenvalue weighted by molar-refractivity contribution is 6.19. The summed E-state index contributed by atoms with van der Waals surface area (Å²) in [7, 11) is 0. The van der Waals surface area contributed by atoms with Crippen molar-refractivity contribution in [2.24, 2.45) is 0 Å². The number of hydrogen-bond donors (Lipinski definition) is 0. The van der Waals surface area contributed by atoms with E-state index in [4.69, 9.17) is 15.0 Å². The average Bonchev–Trinajstić information content (AvgIpc) is 3.46. The van der Waals surface area contributed by atoms with Gasteiger partial charge < -0.3 is 0 Å². The van der Waals surface area contributed by atoms with Gasteiger partial charge in [0.05, 0.1) is 0 Å². The molecule has 3 heteroatoms. The lowest BCUT2D eigenvalue weighted by molar-refractivity contribution is 0.714. The Hall–Kier alpha value is -6.45. The zero-order valence-corrected chi connectivity index (χ0v) is 27.5. The van der Waals surface area contributed by atoms with Crippen molar-refractivity contribution in [3.63, 3.8) is 0 Å². The maximum absolute atomic E-state index is 5.43. The fourth-order valence-electron chi connectivity index (χ4n) is 8.20. The molecule has 0 aliphatic heterocycles. The predicted octanol–water partition coefficient (Wildman–Crippen LogP) is 11.7. The minimum Gasteiger partial charge on any atom is -0.208 e. The average molecular weight is 638 g/mol. The van der Waals surface area contributed by atoms with E-state index in [1.54, 1.807) is 0 Å². The summed E-state index contributed by atoms with van der Waals surface area (Å²) in [5.41, 5.74) is 8.86. The number of hydrogen-bond acceptors (Lipinski definition) is 3. The molecule has 1 heterocycles. The van der Waals surface area contributed by atoms with Crippen LogP contribution >= 0.6 is 0 Å². The van der Waals surface area contributed by atoms with Crippen LogP contribution in [0.1, 0.15) is 23.6 Å². The summed E-state index contributed by atoms with van der Waals surface area (Å²) in [4.78, 5) is 16.0. The van der Waals surface area contributed by atoms with Crippen molar-refractivity contribution in [1.82, 2.24) is 15.0 Å². The van der Waals surface area contributed by atoms with E-state index in [-0.39, 0.29) is 5.41 Å². The zero-order valence-electron chi connectivity index (χ0n) is 27.5. The van der Waals surface area contributed by atoms with Crippen LogP contribution in [0.5, 0.6) is 0 Å². The molecule has 0 bridgehead atoms. The molecule has 0 saturated carbocycles. The molecule has 0 N–H and O–H groups in total. The van der Waals surface area contributed by atoms with Crippen LogP contribution in [0.2, 0.25) is 0 Å². The topological polar surface area (TPSA) is 38.7 Å². The Morgan fingerprint density at radius 3 is 1.84 bits per heavy atom. The first-order valence-corrected chi connectivity index (χ1v) is 17.1. The first-order valence-electron chi connectivity index (χ1n) is 17.1. The second kappa shape index (κ2) is 11.0. The van der Waals surface area contributed by atoms with Gasteiger partial charge in [0.1, 0.15) is 0 Å². The maximum atomic E-state index is 5.43. The van der Waals surface area contributed by atoms with E-state index < -0.39 is 0 Å². The third-order valence-corrected chi connectivity index (χ3v) is 10.6. The number of fused-ring (bicyclic) bond motifs is 7. The molecule has 0 amide bonds. The highest BCUT2D eigenvalue weighted by atomic mass is 15.0. The molecule has 3 nitrogen and oxygen atoms in total. The molecule has 1 aliphatic carbocycles. The highest BCUT2D eigenvalue weighted by Gasteiger charge is 2.42. The summed E-state index contributed by atoms with van der Waals surface area (Å²) in [6.07, 6.45) is 0. The number of benzene rings is 8. The summed E-state index contributed by atoms with van der Waals surface area (Å²) < 4.78 is 0. The summed E-state index contributed by atoms with van der Waals surface area (Å²) in [6.45, 7) is 2.34. The molecule has 0 saturated heterocycles. The van der Waals surface area contributed by atoms with Crippen molar-refractivity contribution >= 4 is 32.3 Å². The monoisotopic (exact) mass is 637 g/mol. The van der Waals surface area contributed by atoms with E-state index >= 15 is 0 Å². The van der Waals surface area contributed by atoms with Crippen LogP contribution in [0.4, 0.5) is 0 Å². The zero-order chi connectivity index (χ0) is 33.2. The Bertz CT molecular complexity index is 2770. The lowest BCUT2D eigenvalue weighted by Crippen LogP contribution is -2.22. The first kappa shape index (κ1) is 28.6. The first-order chi connectivity index (χ1) is 24.7. The molecule has 50 heavy (non-hydrogen) atoms. The lowest BCUT2D eigenvalue weighted by atomic mass is 9.74. The summed E-state index contributed by atoms with van der Waals surface area (Å²) >= 11 is 0. The lowest BCUT2D eigenvalue weighted by Gasteiger charge is -2.28. The quantitative estimate of drug-likeness (QED) is 0.142. The van der Waals surface area contributed by atoms with Gasteiger partial charge in [0.15, 0.2) is 17.5 Å². The molecule has 1 atom stereocenters. The summed E-state index contributed by atoms with van der Waals surface area (Å²) in [6, 6.07) is 60.4. The molecule has 1 aromatic heterocycles. The number of aromatic nitrogens is 3. The third-order valence-electron chi connectivity index (χ3n) is 10.6. The third kappa shape index (κ3) is 4.20. The van der Waals surface area contributed by atoms with E-state index in [0.29, 0.717) is 17.5 Å². The minimum atomic E-state index is -0.325. The van der Waals surface area contributed by atoms with Crippen LogP contribution in [0.15, 0.2) is 170 Å². The Morgan fingerprint density at radius 1 is 0.380 bits per heavy atom. The Kier molecular flexibility index (Phi) is 6.31. The highest BCUT2D eigenvalue weighted by Crippen LogP contribution is 2.54. The molecule has 0 fully saturated rings. The van der Waals surface area contributed by atoms with Crippen molar-refractivity contribution in [3.8, 4) is 45.3 Å². The van der Waals surface area contributed by atoms with E-state index in [0.717, 1.165) is 32.8 Å². The van der Waals surface area contributed by atoms with Crippen molar-refractivity contribution in [2.75, 3.05) is 0 Å². The molecule has 1 aliphatic rings. The fraction of sp³-hybridized carbons (Fsp3) is 0.0426. The van der Waals surface area contributed by atoms with Crippen LogP contribution in [0.3, 0.4) is 0 Å². The van der Waals surface area contributed by atoms with E-state index in [1.165, 1.54) is 44.0 Å². The second-order valence-electron chi connectivity index (χ2n) is 13.3. The Balaban J connectivity index is 1.30. The Morgan fingerprint density at radius 2 is 1.00 bits per heavy atom. The van der Waals surface area contributed by atoms with Crippen molar-refractivity contribution in [3.05, 3.63) is 187 Å². The normalized spacial score (nSPS) is 15.0. The predicted molar refractivity (Wildman–Crippen MR) is 206 cm³/mol. The molecular weight excluding hydrogens is 607 g/mol. The maximum Gasteiger partial charge on any atom is 0.165 e. The Labute approximate surface area is 290 Å². The van der Waals surface area contributed by atoms with Gasteiger partial charge in [-0.2, -0.15) is 0 Å². The smallest absolute Gasteiger partial charge is 0.165 e.